The number of rotatable bonds is 5. The Bertz CT molecular complexity index is 1310. The molecule has 2 heterocycles. The molecule has 5 rings (SSSR count). The van der Waals surface area contributed by atoms with E-state index < -0.39 is 5.92 Å². The molecule has 2 amide bonds. The molecule has 1 fully saturated rings. The number of anilines is 1. The summed E-state index contributed by atoms with van der Waals surface area (Å²) in [5.74, 6) is -0.623. The molecule has 4 aromatic rings. The number of ether oxygens (including phenoxy) is 1. The molecule has 1 aromatic heterocycles. The normalized spacial score (nSPS) is 17.1. The summed E-state index contributed by atoms with van der Waals surface area (Å²) >= 11 is 0. The molecule has 32 heavy (non-hydrogen) atoms. The number of amides is 2. The average Bonchev–Trinajstić information content (AvgIpc) is 3.38. The molecular weight excluding hydrogens is 404 g/mol. The van der Waals surface area contributed by atoms with Crippen LogP contribution >= 0.6 is 0 Å². The Hall–Kier alpha value is -3.80. The van der Waals surface area contributed by atoms with E-state index >= 15 is 0 Å². The molecule has 6 heteroatoms. The van der Waals surface area contributed by atoms with E-state index in [-0.39, 0.29) is 17.9 Å². The zero-order chi connectivity index (χ0) is 22.2. The third-order valence-electron chi connectivity index (χ3n) is 6.15. The third-order valence-corrected chi connectivity index (χ3v) is 6.15. The van der Waals surface area contributed by atoms with Crippen molar-refractivity contribution in [3.8, 4) is 5.75 Å². The molecule has 3 aromatic carbocycles. The minimum absolute atomic E-state index is 0.174. The summed E-state index contributed by atoms with van der Waals surface area (Å²) in [5.41, 5.74) is 3.08. The highest BCUT2D eigenvalue weighted by Crippen LogP contribution is 2.40. The lowest BCUT2D eigenvalue weighted by atomic mass is 10.0. The summed E-state index contributed by atoms with van der Waals surface area (Å²) < 4.78 is 11.6. The van der Waals surface area contributed by atoms with Gasteiger partial charge >= 0.3 is 0 Å². The molecule has 1 aliphatic heterocycles. The second-order valence-electron chi connectivity index (χ2n) is 8.09. The van der Waals surface area contributed by atoms with E-state index in [4.69, 9.17) is 9.15 Å². The number of hydrogen-bond acceptors (Lipinski definition) is 4. The fourth-order valence-electron chi connectivity index (χ4n) is 4.42. The molecule has 6 nitrogen and oxygen atoms in total. The van der Waals surface area contributed by atoms with Gasteiger partial charge in [-0.3, -0.25) is 9.59 Å². The van der Waals surface area contributed by atoms with Crippen molar-refractivity contribution >= 4 is 39.4 Å². The molecule has 2 atom stereocenters. The summed E-state index contributed by atoms with van der Waals surface area (Å²) in [5, 5.41) is 4.90. The van der Waals surface area contributed by atoms with E-state index in [0.717, 1.165) is 21.9 Å². The zero-order valence-corrected chi connectivity index (χ0v) is 18.0. The average molecular weight is 428 g/mol. The maximum absolute atomic E-state index is 13.2. The van der Waals surface area contributed by atoms with Gasteiger partial charge in [0.15, 0.2) is 0 Å². The van der Waals surface area contributed by atoms with E-state index in [2.05, 4.69) is 5.32 Å². The van der Waals surface area contributed by atoms with Gasteiger partial charge in [0.05, 0.1) is 18.8 Å². The lowest BCUT2D eigenvalue weighted by Gasteiger charge is -2.20. The van der Waals surface area contributed by atoms with Gasteiger partial charge in [-0.25, -0.2) is 0 Å². The first kappa shape index (κ1) is 20.1. The van der Waals surface area contributed by atoms with Crippen molar-refractivity contribution in [2.45, 2.75) is 19.4 Å². The van der Waals surface area contributed by atoms with Crippen LogP contribution in [0.3, 0.4) is 0 Å². The Morgan fingerprint density at radius 2 is 1.81 bits per heavy atom. The first-order valence-corrected chi connectivity index (χ1v) is 10.7. The highest BCUT2D eigenvalue weighted by molar-refractivity contribution is 6.12. The van der Waals surface area contributed by atoms with Crippen LogP contribution in [0.25, 0.3) is 21.9 Å². The van der Waals surface area contributed by atoms with Gasteiger partial charge in [0.2, 0.25) is 11.8 Å². The molecule has 1 N–H and O–H groups in total. The zero-order valence-electron chi connectivity index (χ0n) is 18.0. The maximum Gasteiger partial charge on any atom is 0.239 e. The smallest absolute Gasteiger partial charge is 0.239 e. The highest BCUT2D eigenvalue weighted by Gasteiger charge is 2.39. The topological polar surface area (TPSA) is 71.8 Å². The maximum atomic E-state index is 13.2. The van der Waals surface area contributed by atoms with E-state index in [1.165, 1.54) is 0 Å². The lowest BCUT2D eigenvalue weighted by molar-refractivity contribution is -0.132. The molecule has 0 spiro atoms. The number of carbonyl (C=O) groups excluding carboxylic acids is 2. The van der Waals surface area contributed by atoms with Crippen LogP contribution in [0.15, 0.2) is 71.1 Å². The Balaban J connectivity index is 1.41. The molecular formula is C26H24N2O4. The molecule has 0 saturated carbocycles. The Kier molecular flexibility index (Phi) is 5.05. The van der Waals surface area contributed by atoms with Gasteiger partial charge in [0.25, 0.3) is 0 Å². The predicted molar refractivity (Wildman–Crippen MR) is 124 cm³/mol. The molecule has 0 radical (unpaired) electrons. The third kappa shape index (κ3) is 3.38. The van der Waals surface area contributed by atoms with Crippen molar-refractivity contribution in [1.82, 2.24) is 5.32 Å². The van der Waals surface area contributed by atoms with Crippen molar-refractivity contribution in [1.29, 1.82) is 0 Å². The van der Waals surface area contributed by atoms with E-state index in [1.807, 2.05) is 73.7 Å². The van der Waals surface area contributed by atoms with E-state index in [9.17, 15) is 9.59 Å². The lowest BCUT2D eigenvalue weighted by Crippen LogP contribution is -2.38. The van der Waals surface area contributed by atoms with Crippen molar-refractivity contribution in [3.05, 3.63) is 72.3 Å². The van der Waals surface area contributed by atoms with Crippen LogP contribution in [0.2, 0.25) is 0 Å². The van der Waals surface area contributed by atoms with Crippen molar-refractivity contribution in [3.63, 3.8) is 0 Å². The Morgan fingerprint density at radius 3 is 2.59 bits per heavy atom. The molecule has 0 bridgehead atoms. The quantitative estimate of drug-likeness (QED) is 0.463. The molecule has 0 unspecified atom stereocenters. The fourth-order valence-corrected chi connectivity index (χ4v) is 4.42. The first-order valence-electron chi connectivity index (χ1n) is 10.7. The van der Waals surface area contributed by atoms with Gasteiger partial charge in [-0.15, -0.1) is 0 Å². The van der Waals surface area contributed by atoms with Gasteiger partial charge in [-0.2, -0.15) is 0 Å². The van der Waals surface area contributed by atoms with Gasteiger partial charge in [-0.1, -0.05) is 48.5 Å². The molecule has 1 saturated heterocycles. The standard InChI is InChI=1S/C26H24N2O4/c1-16(17-8-4-3-5-9-17)27-25(29)19-12-13-28(26(19)30)21-15-23-20(14-24(21)31-2)18-10-6-7-11-22(18)32-23/h3-11,14-16,19H,12-13H2,1-2H3,(H,27,29)/t16-,19+/m1/s1. The largest absolute Gasteiger partial charge is 0.495 e. The molecule has 162 valence electrons. The number of nitrogens with zero attached hydrogens (tertiary/aromatic N) is 1. The predicted octanol–water partition coefficient (Wildman–Crippen LogP) is 4.82. The van der Waals surface area contributed by atoms with Crippen molar-refractivity contribution in [2.75, 3.05) is 18.6 Å². The summed E-state index contributed by atoms with van der Waals surface area (Å²) in [4.78, 5) is 27.7. The summed E-state index contributed by atoms with van der Waals surface area (Å²) in [7, 11) is 1.58. The minimum Gasteiger partial charge on any atom is -0.495 e. The highest BCUT2D eigenvalue weighted by atomic mass is 16.5. The number of methoxy groups -OCH3 is 1. The number of nitrogens with one attached hydrogen (secondary N) is 1. The van der Waals surface area contributed by atoms with Gasteiger partial charge in [0.1, 0.15) is 22.8 Å². The van der Waals surface area contributed by atoms with E-state index in [0.29, 0.717) is 30.0 Å². The summed E-state index contributed by atoms with van der Waals surface area (Å²) in [6, 6.07) is 21.1. The number of para-hydroxylation sites is 1. The second kappa shape index (κ2) is 8.04. The van der Waals surface area contributed by atoms with Crippen LogP contribution in [-0.2, 0) is 9.59 Å². The Morgan fingerprint density at radius 1 is 1.06 bits per heavy atom. The van der Waals surface area contributed by atoms with Gasteiger partial charge < -0.3 is 19.4 Å². The number of carbonyl (C=O) groups is 2. The van der Waals surface area contributed by atoms with E-state index in [1.54, 1.807) is 12.0 Å². The number of hydrogen-bond donors (Lipinski definition) is 1. The first-order chi connectivity index (χ1) is 15.6. The van der Waals surface area contributed by atoms with Crippen LogP contribution in [0.1, 0.15) is 24.9 Å². The second-order valence-corrected chi connectivity index (χ2v) is 8.09. The number of fused-ring (bicyclic) bond motifs is 3. The fraction of sp³-hybridized carbons (Fsp3) is 0.231. The van der Waals surface area contributed by atoms with Gasteiger partial charge in [-0.05, 0) is 31.0 Å². The number of benzene rings is 3. The van der Waals surface area contributed by atoms with Crippen LogP contribution in [0.4, 0.5) is 5.69 Å². The SMILES string of the molecule is COc1cc2c(cc1N1CC[C@@H](C(=O)N[C@H](C)c3ccccc3)C1=O)oc1ccccc12. The molecule has 1 aliphatic rings. The summed E-state index contributed by atoms with van der Waals surface area (Å²) in [6.07, 6.45) is 0.452. The molecule has 0 aliphatic carbocycles. The van der Waals surface area contributed by atoms with Crippen LogP contribution in [0, 0.1) is 5.92 Å². The van der Waals surface area contributed by atoms with Crippen LogP contribution in [0.5, 0.6) is 5.75 Å². The minimum atomic E-state index is -0.725. The van der Waals surface area contributed by atoms with Crippen molar-refractivity contribution < 1.29 is 18.7 Å². The number of furan rings is 1. The van der Waals surface area contributed by atoms with Crippen LogP contribution < -0.4 is 15.0 Å². The van der Waals surface area contributed by atoms with Crippen LogP contribution in [-0.4, -0.2) is 25.5 Å². The van der Waals surface area contributed by atoms with Crippen molar-refractivity contribution in [2.24, 2.45) is 5.92 Å². The Labute approximate surface area is 185 Å². The monoisotopic (exact) mass is 428 g/mol. The van der Waals surface area contributed by atoms with Gasteiger partial charge in [0, 0.05) is 23.4 Å². The summed E-state index contributed by atoms with van der Waals surface area (Å²) in [6.45, 7) is 2.36.